The van der Waals surface area contributed by atoms with Crippen molar-refractivity contribution in [3.8, 4) is 17.0 Å². The van der Waals surface area contributed by atoms with Crippen LogP contribution in [0, 0.1) is 0 Å². The topological polar surface area (TPSA) is 59.5 Å². The molecule has 0 spiro atoms. The van der Waals surface area contributed by atoms with Gasteiger partial charge in [-0.3, -0.25) is 0 Å². The summed E-state index contributed by atoms with van der Waals surface area (Å²) >= 11 is 7.47. The Morgan fingerprint density at radius 2 is 1.72 bits per heavy atom. The molecule has 1 aliphatic rings. The molecule has 8 heteroatoms. The summed E-state index contributed by atoms with van der Waals surface area (Å²) in [6, 6.07) is 14.2. The highest BCUT2D eigenvalue weighted by atomic mass is 35.5. The summed E-state index contributed by atoms with van der Waals surface area (Å²) < 4.78 is 31.0. The van der Waals surface area contributed by atoms with E-state index in [4.69, 9.17) is 21.3 Å². The van der Waals surface area contributed by atoms with Crippen LogP contribution in [0.15, 0.2) is 58.8 Å². The number of halogens is 1. The minimum Gasteiger partial charge on any atom is -0.497 e. The van der Waals surface area contributed by atoms with Crippen LogP contribution in [0.2, 0.25) is 5.02 Å². The molecule has 1 aliphatic heterocycles. The molecule has 2 aromatic carbocycles. The second kappa shape index (κ2) is 8.34. The van der Waals surface area contributed by atoms with Gasteiger partial charge in [0.25, 0.3) is 0 Å². The molecule has 0 unspecified atom stereocenters. The normalized spacial score (nSPS) is 15.4. The van der Waals surface area contributed by atoms with Crippen molar-refractivity contribution in [2.45, 2.75) is 23.0 Å². The number of rotatable bonds is 5. The minimum atomic E-state index is -3.34. The number of thiazole rings is 1. The van der Waals surface area contributed by atoms with Crippen molar-refractivity contribution in [2.75, 3.05) is 25.1 Å². The molecule has 0 N–H and O–H groups in total. The predicted octanol–water partition coefficient (Wildman–Crippen LogP) is 4.91. The lowest BCUT2D eigenvalue weighted by molar-refractivity contribution is 0.415. The quantitative estimate of drug-likeness (QED) is 0.554. The van der Waals surface area contributed by atoms with Crippen LogP contribution >= 0.6 is 22.9 Å². The number of hydrogen-bond acceptors (Lipinski definition) is 6. The van der Waals surface area contributed by atoms with E-state index in [1.54, 1.807) is 42.7 Å². The lowest BCUT2D eigenvalue weighted by Crippen LogP contribution is -2.39. The fraction of sp³-hybridized carbons (Fsp3) is 0.286. The molecule has 0 radical (unpaired) electrons. The lowest BCUT2D eigenvalue weighted by Gasteiger charge is -2.31. The molecule has 1 fully saturated rings. The maximum Gasteiger partial charge on any atom is 0.185 e. The van der Waals surface area contributed by atoms with Crippen molar-refractivity contribution >= 4 is 37.9 Å². The molecule has 3 aromatic rings. The number of piperidine rings is 1. The molecule has 0 atom stereocenters. The van der Waals surface area contributed by atoms with Crippen LogP contribution in [-0.2, 0) is 9.84 Å². The van der Waals surface area contributed by atoms with E-state index in [0.29, 0.717) is 35.8 Å². The third-order valence-electron chi connectivity index (χ3n) is 5.17. The zero-order valence-corrected chi connectivity index (χ0v) is 18.3. The van der Waals surface area contributed by atoms with Gasteiger partial charge in [0.2, 0.25) is 0 Å². The Labute approximate surface area is 179 Å². The molecule has 1 saturated heterocycles. The van der Waals surface area contributed by atoms with Gasteiger partial charge in [-0.1, -0.05) is 11.6 Å². The van der Waals surface area contributed by atoms with Gasteiger partial charge >= 0.3 is 0 Å². The van der Waals surface area contributed by atoms with E-state index in [9.17, 15) is 8.42 Å². The van der Waals surface area contributed by atoms with Gasteiger partial charge in [0.05, 0.1) is 22.9 Å². The largest absolute Gasteiger partial charge is 0.497 e. The highest BCUT2D eigenvalue weighted by Gasteiger charge is 2.32. The Kier molecular flexibility index (Phi) is 5.81. The first-order chi connectivity index (χ1) is 14.0. The highest BCUT2D eigenvalue weighted by molar-refractivity contribution is 7.92. The first-order valence-electron chi connectivity index (χ1n) is 9.32. The molecular weight excluding hydrogens is 428 g/mol. The first kappa shape index (κ1) is 20.2. The molecular formula is C21H21ClN2O3S2. The van der Waals surface area contributed by atoms with Crippen molar-refractivity contribution in [3.05, 3.63) is 58.9 Å². The summed E-state index contributed by atoms with van der Waals surface area (Å²) in [7, 11) is -1.70. The fourth-order valence-electron chi connectivity index (χ4n) is 3.48. The molecule has 0 bridgehead atoms. The first-order valence-corrected chi connectivity index (χ1v) is 12.1. The van der Waals surface area contributed by atoms with E-state index < -0.39 is 9.84 Å². The Morgan fingerprint density at radius 1 is 1.07 bits per heavy atom. The maximum absolute atomic E-state index is 12.9. The van der Waals surface area contributed by atoms with E-state index in [0.717, 1.165) is 22.1 Å². The van der Waals surface area contributed by atoms with Crippen molar-refractivity contribution in [1.82, 2.24) is 4.98 Å². The number of aromatic nitrogens is 1. The Bertz CT molecular complexity index is 1070. The standard InChI is InChI=1S/C21H21ClN2O3S2/c1-27-17-6-2-15(3-7-17)20-14-28-21(23-20)24-12-10-19(11-13-24)29(25,26)18-8-4-16(22)5-9-18/h2-9,14,19H,10-13H2,1H3. The summed E-state index contributed by atoms with van der Waals surface area (Å²) in [6.07, 6.45) is 1.17. The highest BCUT2D eigenvalue weighted by Crippen LogP contribution is 2.32. The molecule has 0 amide bonds. The third kappa shape index (κ3) is 4.27. The molecule has 0 saturated carbocycles. The predicted molar refractivity (Wildman–Crippen MR) is 118 cm³/mol. The Morgan fingerprint density at radius 3 is 2.34 bits per heavy atom. The summed E-state index contributed by atoms with van der Waals surface area (Å²) in [5.41, 5.74) is 1.96. The van der Waals surface area contributed by atoms with E-state index in [1.807, 2.05) is 29.6 Å². The minimum absolute atomic E-state index is 0.344. The van der Waals surface area contributed by atoms with Gasteiger partial charge in [0, 0.05) is 29.1 Å². The van der Waals surface area contributed by atoms with Crippen molar-refractivity contribution < 1.29 is 13.2 Å². The molecule has 29 heavy (non-hydrogen) atoms. The van der Waals surface area contributed by atoms with Gasteiger partial charge in [-0.25, -0.2) is 13.4 Å². The number of nitrogens with zero attached hydrogens (tertiary/aromatic N) is 2. The monoisotopic (exact) mass is 448 g/mol. The second-order valence-corrected chi connectivity index (χ2v) is 10.4. The number of sulfone groups is 1. The van der Waals surface area contributed by atoms with Crippen LogP contribution in [0.1, 0.15) is 12.8 Å². The van der Waals surface area contributed by atoms with Crippen LogP contribution < -0.4 is 9.64 Å². The van der Waals surface area contributed by atoms with Crippen LogP contribution in [0.5, 0.6) is 5.75 Å². The summed E-state index contributed by atoms with van der Waals surface area (Å²) in [4.78, 5) is 7.27. The average molecular weight is 449 g/mol. The van der Waals surface area contributed by atoms with Crippen LogP contribution in [0.3, 0.4) is 0 Å². The number of anilines is 1. The number of ether oxygens (including phenoxy) is 1. The van der Waals surface area contributed by atoms with Gasteiger partial charge in [-0.05, 0) is 61.4 Å². The summed E-state index contributed by atoms with van der Waals surface area (Å²) in [6.45, 7) is 1.35. The van der Waals surface area contributed by atoms with Crippen molar-refractivity contribution in [1.29, 1.82) is 0 Å². The Balaban J connectivity index is 1.43. The molecule has 0 aliphatic carbocycles. The second-order valence-electron chi connectivity index (χ2n) is 6.93. The van der Waals surface area contributed by atoms with Gasteiger partial charge in [-0.15, -0.1) is 11.3 Å². The SMILES string of the molecule is COc1ccc(-c2csc(N3CCC(S(=O)(=O)c4ccc(Cl)cc4)CC3)n2)cc1. The molecule has 2 heterocycles. The molecule has 4 rings (SSSR count). The zero-order valence-electron chi connectivity index (χ0n) is 15.9. The third-order valence-corrected chi connectivity index (χ3v) is 8.60. The summed E-state index contributed by atoms with van der Waals surface area (Å²) in [5, 5.41) is 3.13. The van der Waals surface area contributed by atoms with Gasteiger partial charge in [0.15, 0.2) is 15.0 Å². The Hall–Kier alpha value is -2.09. The number of benzene rings is 2. The lowest BCUT2D eigenvalue weighted by atomic mass is 10.1. The van der Waals surface area contributed by atoms with E-state index in [2.05, 4.69) is 4.90 Å². The number of methoxy groups -OCH3 is 1. The smallest absolute Gasteiger partial charge is 0.185 e. The van der Waals surface area contributed by atoms with Crippen molar-refractivity contribution in [2.24, 2.45) is 0 Å². The van der Waals surface area contributed by atoms with Crippen LogP contribution in [0.4, 0.5) is 5.13 Å². The van der Waals surface area contributed by atoms with E-state index in [1.165, 1.54) is 0 Å². The molecule has 5 nitrogen and oxygen atoms in total. The van der Waals surface area contributed by atoms with E-state index in [-0.39, 0.29) is 5.25 Å². The van der Waals surface area contributed by atoms with Crippen LogP contribution in [0.25, 0.3) is 11.3 Å². The fourth-order valence-corrected chi connectivity index (χ4v) is 6.22. The number of hydrogen-bond donors (Lipinski definition) is 0. The molecule has 1 aromatic heterocycles. The molecule has 152 valence electrons. The van der Waals surface area contributed by atoms with Gasteiger partial charge < -0.3 is 9.64 Å². The zero-order chi connectivity index (χ0) is 20.4. The average Bonchev–Trinajstić information content (AvgIpc) is 3.24. The van der Waals surface area contributed by atoms with Crippen molar-refractivity contribution in [3.63, 3.8) is 0 Å². The maximum atomic E-state index is 12.9. The van der Waals surface area contributed by atoms with Gasteiger partial charge in [0.1, 0.15) is 5.75 Å². The van der Waals surface area contributed by atoms with E-state index >= 15 is 0 Å². The van der Waals surface area contributed by atoms with Crippen LogP contribution in [-0.4, -0.2) is 38.9 Å². The van der Waals surface area contributed by atoms with Gasteiger partial charge in [-0.2, -0.15) is 0 Å². The summed E-state index contributed by atoms with van der Waals surface area (Å²) in [5.74, 6) is 0.813.